The Bertz CT molecular complexity index is 1210. The van der Waals surface area contributed by atoms with Crippen molar-refractivity contribution in [1.29, 1.82) is 0 Å². The fraction of sp³-hybridized carbons (Fsp3) is 0.105. The Balaban J connectivity index is 1.85. The molecule has 6 heteroatoms. The second-order valence-corrected chi connectivity index (χ2v) is 7.38. The Hall–Kier alpha value is -2.57. The van der Waals surface area contributed by atoms with Gasteiger partial charge in [-0.05, 0) is 28.6 Å². The van der Waals surface area contributed by atoms with E-state index in [0.29, 0.717) is 27.4 Å². The van der Waals surface area contributed by atoms with Crippen LogP contribution in [0.1, 0.15) is 5.56 Å². The van der Waals surface area contributed by atoms with Crippen LogP contribution >= 0.6 is 23.6 Å². The molecule has 4 rings (SSSR count). The van der Waals surface area contributed by atoms with E-state index in [1.807, 2.05) is 28.8 Å². The smallest absolute Gasteiger partial charge is 0.273 e. The van der Waals surface area contributed by atoms with E-state index in [1.165, 1.54) is 11.3 Å². The number of nitrogens with zero attached hydrogens (tertiary/aromatic N) is 3. The predicted molar refractivity (Wildman–Crippen MR) is 106 cm³/mol. The molecule has 0 aliphatic heterocycles. The predicted octanol–water partition coefficient (Wildman–Crippen LogP) is 4.38. The Morgan fingerprint density at radius 2 is 2.00 bits per heavy atom. The van der Waals surface area contributed by atoms with Gasteiger partial charge in [-0.25, -0.2) is 4.98 Å². The fourth-order valence-corrected chi connectivity index (χ4v) is 4.30. The van der Waals surface area contributed by atoms with Crippen molar-refractivity contribution in [2.24, 2.45) is 0 Å². The summed E-state index contributed by atoms with van der Waals surface area (Å²) in [6.45, 7) is 4.77. The molecule has 4 aromatic rings. The van der Waals surface area contributed by atoms with Crippen molar-refractivity contribution in [1.82, 2.24) is 14.1 Å². The summed E-state index contributed by atoms with van der Waals surface area (Å²) in [5.41, 5.74) is 1.67. The normalized spacial score (nSPS) is 11.2. The van der Waals surface area contributed by atoms with E-state index in [0.717, 1.165) is 16.3 Å². The van der Waals surface area contributed by atoms with Crippen LogP contribution in [0.2, 0.25) is 0 Å². The molecule has 0 atom stereocenters. The molecule has 0 saturated carbocycles. The minimum absolute atomic E-state index is 0.0585. The van der Waals surface area contributed by atoms with Crippen molar-refractivity contribution in [2.45, 2.75) is 13.1 Å². The largest absolute Gasteiger partial charge is 0.304 e. The molecule has 2 heterocycles. The van der Waals surface area contributed by atoms with Gasteiger partial charge in [0.1, 0.15) is 11.0 Å². The van der Waals surface area contributed by atoms with Crippen molar-refractivity contribution in [2.75, 3.05) is 0 Å². The lowest BCUT2D eigenvalue weighted by Crippen LogP contribution is -2.21. The molecule has 0 fully saturated rings. The SMILES string of the molecule is C=CCn1c(=S)sc2c(=O)n(Cc3cccc4ccccc34)cnc21. The van der Waals surface area contributed by atoms with Gasteiger partial charge in [0.25, 0.3) is 5.56 Å². The lowest BCUT2D eigenvalue weighted by molar-refractivity contribution is 0.745. The first-order chi connectivity index (χ1) is 12.2. The molecule has 4 nitrogen and oxygen atoms in total. The highest BCUT2D eigenvalue weighted by Crippen LogP contribution is 2.21. The topological polar surface area (TPSA) is 39.8 Å². The van der Waals surface area contributed by atoms with Crippen LogP contribution < -0.4 is 5.56 Å². The monoisotopic (exact) mass is 365 g/mol. The van der Waals surface area contributed by atoms with E-state index in [2.05, 4.69) is 29.8 Å². The van der Waals surface area contributed by atoms with Crippen LogP contribution in [-0.2, 0) is 13.1 Å². The van der Waals surface area contributed by atoms with Crippen molar-refractivity contribution < 1.29 is 0 Å². The van der Waals surface area contributed by atoms with Gasteiger partial charge in [-0.2, -0.15) is 0 Å². The van der Waals surface area contributed by atoms with Gasteiger partial charge in [0, 0.05) is 6.54 Å². The van der Waals surface area contributed by atoms with Gasteiger partial charge in [-0.1, -0.05) is 59.9 Å². The summed E-state index contributed by atoms with van der Waals surface area (Å²) in [6.07, 6.45) is 3.36. The van der Waals surface area contributed by atoms with Crippen LogP contribution in [0.5, 0.6) is 0 Å². The molecule has 124 valence electrons. The Morgan fingerprint density at radius 1 is 1.20 bits per heavy atom. The number of hydrogen-bond donors (Lipinski definition) is 0. The van der Waals surface area contributed by atoms with Crippen molar-refractivity contribution in [3.8, 4) is 0 Å². The number of aromatic nitrogens is 3. The van der Waals surface area contributed by atoms with Crippen LogP contribution in [0, 0.1) is 3.95 Å². The molecule has 0 aliphatic rings. The van der Waals surface area contributed by atoms with Gasteiger partial charge in [-0.3, -0.25) is 9.36 Å². The van der Waals surface area contributed by atoms with Crippen LogP contribution in [0.4, 0.5) is 0 Å². The van der Waals surface area contributed by atoms with Crippen LogP contribution in [-0.4, -0.2) is 14.1 Å². The molecule has 25 heavy (non-hydrogen) atoms. The fourth-order valence-electron chi connectivity index (χ4n) is 2.99. The zero-order valence-corrected chi connectivity index (χ0v) is 15.0. The van der Waals surface area contributed by atoms with Gasteiger partial charge >= 0.3 is 0 Å². The van der Waals surface area contributed by atoms with Crippen molar-refractivity contribution in [3.05, 3.63) is 81.3 Å². The Labute approximate surface area is 153 Å². The summed E-state index contributed by atoms with van der Waals surface area (Å²) in [4.78, 5) is 17.4. The minimum atomic E-state index is -0.0585. The average molecular weight is 365 g/mol. The second-order valence-electron chi connectivity index (χ2n) is 5.74. The van der Waals surface area contributed by atoms with Gasteiger partial charge in [0.05, 0.1) is 6.54 Å². The quantitative estimate of drug-likeness (QED) is 0.398. The molecular weight excluding hydrogens is 350 g/mol. The molecule has 2 aromatic carbocycles. The van der Waals surface area contributed by atoms with Crippen LogP contribution in [0.15, 0.2) is 66.2 Å². The molecule has 0 unspecified atom stereocenters. The van der Waals surface area contributed by atoms with E-state index >= 15 is 0 Å². The third kappa shape index (κ3) is 2.73. The van der Waals surface area contributed by atoms with Crippen LogP contribution in [0.25, 0.3) is 21.1 Å². The molecule has 0 radical (unpaired) electrons. The zero-order chi connectivity index (χ0) is 17.4. The average Bonchev–Trinajstić information content (AvgIpc) is 2.95. The number of rotatable bonds is 4. The van der Waals surface area contributed by atoms with Crippen molar-refractivity contribution >= 4 is 44.7 Å². The summed E-state index contributed by atoms with van der Waals surface area (Å²) in [5, 5.41) is 2.31. The lowest BCUT2D eigenvalue weighted by atomic mass is 10.0. The molecule has 0 N–H and O–H groups in total. The third-order valence-electron chi connectivity index (χ3n) is 4.18. The maximum absolute atomic E-state index is 12.9. The Kier molecular flexibility index (Phi) is 4.07. The van der Waals surface area contributed by atoms with Crippen molar-refractivity contribution in [3.63, 3.8) is 0 Å². The number of hydrogen-bond acceptors (Lipinski definition) is 4. The molecule has 0 aliphatic carbocycles. The molecule has 2 aromatic heterocycles. The van der Waals surface area contributed by atoms with Gasteiger partial charge in [0.2, 0.25) is 0 Å². The first-order valence-corrected chi connectivity index (χ1v) is 9.08. The number of fused-ring (bicyclic) bond motifs is 2. The standard InChI is InChI=1S/C19H15N3OS2/c1-2-10-22-17-16(25-19(22)24)18(23)21(12-20-17)11-14-8-5-7-13-6-3-4-9-15(13)14/h2-9,12H,1,10-11H2. The minimum Gasteiger partial charge on any atom is -0.304 e. The van der Waals surface area contributed by atoms with Gasteiger partial charge in [-0.15, -0.1) is 6.58 Å². The molecular formula is C19H15N3OS2. The second kappa shape index (κ2) is 6.38. The summed E-state index contributed by atoms with van der Waals surface area (Å²) < 4.78 is 4.72. The lowest BCUT2D eigenvalue weighted by Gasteiger charge is -2.09. The van der Waals surface area contributed by atoms with E-state index in [9.17, 15) is 4.79 Å². The summed E-state index contributed by atoms with van der Waals surface area (Å²) in [7, 11) is 0. The summed E-state index contributed by atoms with van der Waals surface area (Å²) >= 11 is 6.67. The number of benzene rings is 2. The van der Waals surface area contributed by atoms with Crippen LogP contribution in [0.3, 0.4) is 0 Å². The summed E-state index contributed by atoms with van der Waals surface area (Å²) in [6, 6.07) is 14.3. The molecule has 0 saturated heterocycles. The van der Waals surface area contributed by atoms with Gasteiger partial charge < -0.3 is 4.57 Å². The Morgan fingerprint density at radius 3 is 2.84 bits per heavy atom. The molecule has 0 amide bonds. The highest BCUT2D eigenvalue weighted by Gasteiger charge is 2.12. The van der Waals surface area contributed by atoms with E-state index in [-0.39, 0.29) is 5.56 Å². The van der Waals surface area contributed by atoms with Gasteiger partial charge in [0.15, 0.2) is 9.60 Å². The maximum Gasteiger partial charge on any atom is 0.273 e. The first-order valence-electron chi connectivity index (χ1n) is 7.85. The highest BCUT2D eigenvalue weighted by molar-refractivity contribution is 7.73. The van der Waals surface area contributed by atoms with E-state index < -0.39 is 0 Å². The third-order valence-corrected chi connectivity index (χ3v) is 5.60. The van der Waals surface area contributed by atoms with E-state index in [4.69, 9.17) is 12.2 Å². The van der Waals surface area contributed by atoms with E-state index in [1.54, 1.807) is 17.0 Å². The zero-order valence-electron chi connectivity index (χ0n) is 13.4. The molecule has 0 bridgehead atoms. The number of thiazole rings is 1. The number of allylic oxidation sites excluding steroid dienone is 1. The highest BCUT2D eigenvalue weighted by atomic mass is 32.1. The maximum atomic E-state index is 12.9. The molecule has 0 spiro atoms. The summed E-state index contributed by atoms with van der Waals surface area (Å²) in [5.74, 6) is 0. The first kappa shape index (κ1) is 15.9.